The average Bonchev–Trinajstić information content (AvgIpc) is 3.11. The van der Waals surface area contributed by atoms with Crippen molar-refractivity contribution in [3.63, 3.8) is 0 Å². The van der Waals surface area contributed by atoms with E-state index in [1.807, 2.05) is 0 Å². The van der Waals surface area contributed by atoms with Gasteiger partial charge < -0.3 is 5.11 Å². The zero-order valence-electron chi connectivity index (χ0n) is 11.8. The molecular weight excluding hydrogens is 298 g/mol. The molecule has 2 saturated carbocycles. The van der Waals surface area contributed by atoms with Gasteiger partial charge in [0.15, 0.2) is 0 Å². The van der Waals surface area contributed by atoms with Crippen LogP contribution in [-0.4, -0.2) is 54.1 Å². The summed E-state index contributed by atoms with van der Waals surface area (Å²) >= 11 is 1.61. The van der Waals surface area contributed by atoms with Crippen LogP contribution >= 0.6 is 11.8 Å². The van der Waals surface area contributed by atoms with Gasteiger partial charge >= 0.3 is 5.97 Å². The van der Waals surface area contributed by atoms with Crippen molar-refractivity contribution < 1.29 is 18.3 Å². The van der Waals surface area contributed by atoms with Crippen molar-refractivity contribution in [3.05, 3.63) is 0 Å². The molecule has 0 aromatic rings. The highest BCUT2D eigenvalue weighted by atomic mass is 32.2. The first-order valence-corrected chi connectivity index (χ1v) is 10.2. The Labute approximate surface area is 124 Å². The second kappa shape index (κ2) is 6.23. The molecule has 0 saturated heterocycles. The molecule has 0 amide bonds. The molecule has 2 aliphatic carbocycles. The van der Waals surface area contributed by atoms with E-state index >= 15 is 0 Å². The van der Waals surface area contributed by atoms with E-state index in [0.29, 0.717) is 24.6 Å². The van der Waals surface area contributed by atoms with Crippen molar-refractivity contribution in [2.75, 3.05) is 17.8 Å². The molecule has 116 valence electrons. The van der Waals surface area contributed by atoms with Crippen LogP contribution in [0.5, 0.6) is 0 Å². The summed E-state index contributed by atoms with van der Waals surface area (Å²) in [6.07, 6.45) is 6.54. The van der Waals surface area contributed by atoms with Gasteiger partial charge in [-0.05, 0) is 38.5 Å². The molecule has 0 aromatic heterocycles. The highest BCUT2D eigenvalue weighted by Crippen LogP contribution is 2.37. The number of hydrogen-bond donors (Lipinski definition) is 2. The number of carbonyl (C=O) groups is 1. The van der Waals surface area contributed by atoms with Crippen LogP contribution in [0.25, 0.3) is 0 Å². The third-order valence-electron chi connectivity index (χ3n) is 3.98. The van der Waals surface area contributed by atoms with Gasteiger partial charge in [0.2, 0.25) is 0 Å². The van der Waals surface area contributed by atoms with Crippen LogP contribution in [0, 0.1) is 0 Å². The van der Waals surface area contributed by atoms with E-state index in [4.69, 9.17) is 0 Å². The Hall–Kier alpha value is -0.270. The molecule has 2 atom stereocenters. The van der Waals surface area contributed by atoms with E-state index in [1.165, 1.54) is 6.26 Å². The Morgan fingerprint density at radius 1 is 1.40 bits per heavy atom. The summed E-state index contributed by atoms with van der Waals surface area (Å²) in [4.78, 5) is 11.7. The van der Waals surface area contributed by atoms with Gasteiger partial charge in [-0.25, -0.2) is 8.42 Å². The van der Waals surface area contributed by atoms with E-state index < -0.39 is 21.3 Å². The SMILES string of the molecule is CS(=O)(=O)CCSC1CCCC(NC2CC2)(C(=O)O)C1. The molecule has 5 nitrogen and oxygen atoms in total. The first-order valence-electron chi connectivity index (χ1n) is 7.11. The maximum atomic E-state index is 11.7. The summed E-state index contributed by atoms with van der Waals surface area (Å²) in [5.74, 6) is -0.0229. The predicted octanol–water partition coefficient (Wildman–Crippen LogP) is 1.28. The molecule has 2 rings (SSSR count). The largest absolute Gasteiger partial charge is 0.480 e. The van der Waals surface area contributed by atoms with Gasteiger partial charge in [-0.2, -0.15) is 11.8 Å². The van der Waals surface area contributed by atoms with Gasteiger partial charge in [-0.3, -0.25) is 10.1 Å². The smallest absolute Gasteiger partial charge is 0.323 e. The molecule has 0 heterocycles. The van der Waals surface area contributed by atoms with E-state index in [9.17, 15) is 18.3 Å². The Bertz CT molecular complexity index is 461. The molecule has 2 N–H and O–H groups in total. The first-order chi connectivity index (χ1) is 9.31. The number of rotatable bonds is 7. The van der Waals surface area contributed by atoms with E-state index in [-0.39, 0.29) is 11.0 Å². The fraction of sp³-hybridized carbons (Fsp3) is 0.923. The van der Waals surface area contributed by atoms with Crippen LogP contribution in [0.1, 0.15) is 38.5 Å². The molecule has 2 unspecified atom stereocenters. The van der Waals surface area contributed by atoms with Crippen molar-refractivity contribution in [1.82, 2.24) is 5.32 Å². The lowest BCUT2D eigenvalue weighted by atomic mass is 9.81. The average molecular weight is 321 g/mol. The third kappa shape index (κ3) is 4.63. The lowest BCUT2D eigenvalue weighted by Gasteiger charge is -2.38. The van der Waals surface area contributed by atoms with Crippen LogP contribution in [0.15, 0.2) is 0 Å². The Balaban J connectivity index is 1.90. The summed E-state index contributed by atoms with van der Waals surface area (Å²) < 4.78 is 22.3. The molecule has 0 aliphatic heterocycles. The number of thioether (sulfide) groups is 1. The first kappa shape index (κ1) is 16.1. The van der Waals surface area contributed by atoms with Crippen molar-refractivity contribution in [2.45, 2.75) is 55.4 Å². The Morgan fingerprint density at radius 3 is 2.65 bits per heavy atom. The lowest BCUT2D eigenvalue weighted by molar-refractivity contribution is -0.146. The summed E-state index contributed by atoms with van der Waals surface area (Å²) in [5, 5.41) is 13.1. The number of hydrogen-bond acceptors (Lipinski definition) is 5. The summed E-state index contributed by atoms with van der Waals surface area (Å²) in [7, 11) is -2.93. The number of nitrogens with one attached hydrogen (secondary N) is 1. The van der Waals surface area contributed by atoms with Crippen LogP contribution in [0.4, 0.5) is 0 Å². The van der Waals surface area contributed by atoms with E-state index in [0.717, 1.165) is 25.7 Å². The molecule has 20 heavy (non-hydrogen) atoms. The van der Waals surface area contributed by atoms with Crippen molar-refractivity contribution in [2.24, 2.45) is 0 Å². The van der Waals surface area contributed by atoms with E-state index in [1.54, 1.807) is 11.8 Å². The summed E-state index contributed by atoms with van der Waals surface area (Å²) in [6.45, 7) is 0. The second-order valence-corrected chi connectivity index (χ2v) is 9.69. The van der Waals surface area contributed by atoms with Gasteiger partial charge in [0.1, 0.15) is 15.4 Å². The van der Waals surface area contributed by atoms with Gasteiger partial charge in [-0.1, -0.05) is 0 Å². The highest BCUT2D eigenvalue weighted by Gasteiger charge is 2.45. The molecule has 0 bridgehead atoms. The quantitative estimate of drug-likeness (QED) is 0.735. The van der Waals surface area contributed by atoms with Crippen LogP contribution in [-0.2, 0) is 14.6 Å². The Kier molecular flexibility index (Phi) is 5.02. The van der Waals surface area contributed by atoms with Crippen LogP contribution < -0.4 is 5.32 Å². The van der Waals surface area contributed by atoms with E-state index in [2.05, 4.69) is 5.32 Å². The summed E-state index contributed by atoms with van der Waals surface area (Å²) in [5.41, 5.74) is -0.790. The van der Waals surface area contributed by atoms with Gasteiger partial charge in [0.05, 0.1) is 5.75 Å². The third-order valence-corrected chi connectivity index (χ3v) is 6.50. The monoisotopic (exact) mass is 321 g/mol. The van der Waals surface area contributed by atoms with Crippen LogP contribution in [0.3, 0.4) is 0 Å². The molecule has 2 aliphatic rings. The minimum Gasteiger partial charge on any atom is -0.480 e. The maximum Gasteiger partial charge on any atom is 0.323 e. The highest BCUT2D eigenvalue weighted by molar-refractivity contribution is 8.01. The van der Waals surface area contributed by atoms with Gasteiger partial charge in [0.25, 0.3) is 0 Å². The molecule has 7 heteroatoms. The molecule has 2 fully saturated rings. The fourth-order valence-electron chi connectivity index (χ4n) is 2.74. The topological polar surface area (TPSA) is 83.5 Å². The number of aliphatic carboxylic acids is 1. The van der Waals surface area contributed by atoms with Crippen molar-refractivity contribution >= 4 is 27.6 Å². The minimum atomic E-state index is -2.93. The maximum absolute atomic E-state index is 11.7. The number of carboxylic acids is 1. The normalized spacial score (nSPS) is 31.1. The van der Waals surface area contributed by atoms with Crippen LogP contribution in [0.2, 0.25) is 0 Å². The lowest BCUT2D eigenvalue weighted by Crippen LogP contribution is -2.56. The molecular formula is C13H23NO4S2. The van der Waals surface area contributed by atoms with Gasteiger partial charge in [0, 0.05) is 23.3 Å². The summed E-state index contributed by atoms with van der Waals surface area (Å²) in [6, 6.07) is 0.367. The molecule has 0 aromatic carbocycles. The standard InChI is InChI=1S/C13H23NO4S2/c1-20(17,18)8-7-19-11-3-2-6-13(9-11,12(15)16)14-10-4-5-10/h10-11,14H,2-9H2,1H3,(H,15,16). The minimum absolute atomic E-state index is 0.171. The van der Waals surface area contributed by atoms with Crippen molar-refractivity contribution in [3.8, 4) is 0 Å². The predicted molar refractivity (Wildman–Crippen MR) is 80.9 cm³/mol. The van der Waals surface area contributed by atoms with Crippen molar-refractivity contribution in [1.29, 1.82) is 0 Å². The second-order valence-electron chi connectivity index (χ2n) is 6.02. The number of carboxylic acid groups (broad SMARTS) is 1. The molecule has 0 radical (unpaired) electrons. The fourth-order valence-corrected chi connectivity index (χ4v) is 5.40. The van der Waals surface area contributed by atoms with Gasteiger partial charge in [-0.15, -0.1) is 0 Å². The molecule has 0 spiro atoms. The number of sulfone groups is 1. The zero-order valence-corrected chi connectivity index (χ0v) is 13.4. The Morgan fingerprint density at radius 2 is 2.10 bits per heavy atom. The zero-order chi connectivity index (χ0) is 14.8.